The molecule has 1 heterocycles. The van der Waals surface area contributed by atoms with Crippen LogP contribution in [0.4, 0.5) is 0 Å². The molecule has 1 rings (SSSR count). The van der Waals surface area contributed by atoms with E-state index >= 15 is 0 Å². The second kappa shape index (κ2) is 6.26. The van der Waals surface area contributed by atoms with Gasteiger partial charge in [0.15, 0.2) is 0 Å². The summed E-state index contributed by atoms with van der Waals surface area (Å²) in [6.07, 6.45) is 0. The minimum absolute atomic E-state index is 0.402. The van der Waals surface area contributed by atoms with Gasteiger partial charge in [0, 0.05) is 19.2 Å². The van der Waals surface area contributed by atoms with Crippen molar-refractivity contribution in [1.82, 2.24) is 5.32 Å². The maximum Gasteiger partial charge on any atom is 0.0618 e. The summed E-state index contributed by atoms with van der Waals surface area (Å²) in [6.45, 7) is 7.41. The molecule has 1 aromatic heterocycles. The van der Waals surface area contributed by atoms with Gasteiger partial charge < -0.3 is 10.1 Å². The van der Waals surface area contributed by atoms with Gasteiger partial charge in [-0.05, 0) is 35.2 Å². The van der Waals surface area contributed by atoms with Crippen LogP contribution < -0.4 is 5.32 Å². The van der Waals surface area contributed by atoms with Crippen molar-refractivity contribution in [2.24, 2.45) is 5.92 Å². The molecule has 0 saturated carbocycles. The minimum Gasteiger partial charge on any atom is -0.383 e. The molecule has 0 fully saturated rings. The van der Waals surface area contributed by atoms with Gasteiger partial charge in [-0.3, -0.25) is 0 Å². The molecule has 0 saturated heterocycles. The Bertz CT molecular complexity index is 259. The molecule has 1 aromatic rings. The fourth-order valence-corrected chi connectivity index (χ4v) is 2.31. The van der Waals surface area contributed by atoms with Gasteiger partial charge in [-0.1, -0.05) is 13.8 Å². The standard InChI is InChI=1S/C12H21NOS/c1-9(2)12(7-14-4)13-10(3)11-5-6-15-8-11/h5-6,8-10,12-13H,7H2,1-4H3. The van der Waals surface area contributed by atoms with Gasteiger partial charge in [0.1, 0.15) is 0 Å². The van der Waals surface area contributed by atoms with Gasteiger partial charge in [0.05, 0.1) is 6.61 Å². The summed E-state index contributed by atoms with van der Waals surface area (Å²) in [5, 5.41) is 7.92. The van der Waals surface area contributed by atoms with Crippen LogP contribution in [-0.4, -0.2) is 19.8 Å². The predicted molar refractivity (Wildman–Crippen MR) is 66.4 cm³/mol. The molecule has 0 aromatic carbocycles. The first-order valence-corrected chi connectivity index (χ1v) is 6.36. The van der Waals surface area contributed by atoms with Crippen LogP contribution in [0.1, 0.15) is 32.4 Å². The zero-order valence-electron chi connectivity index (χ0n) is 9.99. The average molecular weight is 227 g/mol. The van der Waals surface area contributed by atoms with Crippen molar-refractivity contribution in [3.63, 3.8) is 0 Å². The first-order valence-electron chi connectivity index (χ1n) is 5.42. The molecule has 2 unspecified atom stereocenters. The summed E-state index contributed by atoms with van der Waals surface area (Å²) >= 11 is 1.75. The second-order valence-electron chi connectivity index (χ2n) is 4.25. The van der Waals surface area contributed by atoms with Crippen molar-refractivity contribution in [2.75, 3.05) is 13.7 Å². The quantitative estimate of drug-likeness (QED) is 0.806. The normalized spacial score (nSPS) is 15.5. The molecule has 86 valence electrons. The lowest BCUT2D eigenvalue weighted by Gasteiger charge is -2.25. The van der Waals surface area contributed by atoms with Crippen LogP contribution in [0.2, 0.25) is 0 Å². The summed E-state index contributed by atoms with van der Waals surface area (Å²) in [5.74, 6) is 0.589. The molecular formula is C12H21NOS. The molecule has 0 radical (unpaired) electrons. The Morgan fingerprint density at radius 2 is 2.13 bits per heavy atom. The highest BCUT2D eigenvalue weighted by Crippen LogP contribution is 2.17. The number of hydrogen-bond donors (Lipinski definition) is 1. The smallest absolute Gasteiger partial charge is 0.0618 e. The van der Waals surface area contributed by atoms with Crippen LogP contribution in [0, 0.1) is 5.92 Å². The monoisotopic (exact) mass is 227 g/mol. The van der Waals surface area contributed by atoms with Crippen LogP contribution in [-0.2, 0) is 4.74 Å². The number of nitrogens with one attached hydrogen (secondary N) is 1. The van der Waals surface area contributed by atoms with E-state index in [9.17, 15) is 0 Å². The molecule has 15 heavy (non-hydrogen) atoms. The van der Waals surface area contributed by atoms with Crippen molar-refractivity contribution in [3.8, 4) is 0 Å². The SMILES string of the molecule is COCC(NC(C)c1ccsc1)C(C)C. The zero-order chi connectivity index (χ0) is 11.3. The Balaban J connectivity index is 2.50. The third-order valence-electron chi connectivity index (χ3n) is 2.66. The van der Waals surface area contributed by atoms with E-state index in [0.29, 0.717) is 18.0 Å². The lowest BCUT2D eigenvalue weighted by Crippen LogP contribution is -2.39. The summed E-state index contributed by atoms with van der Waals surface area (Å²) in [4.78, 5) is 0. The van der Waals surface area contributed by atoms with Crippen LogP contribution in [0.15, 0.2) is 16.8 Å². The van der Waals surface area contributed by atoms with Crippen LogP contribution in [0.5, 0.6) is 0 Å². The van der Waals surface area contributed by atoms with E-state index in [1.54, 1.807) is 18.4 Å². The lowest BCUT2D eigenvalue weighted by molar-refractivity contribution is 0.141. The van der Waals surface area contributed by atoms with E-state index in [2.05, 4.69) is 42.9 Å². The van der Waals surface area contributed by atoms with Crippen molar-refractivity contribution in [3.05, 3.63) is 22.4 Å². The third-order valence-corrected chi connectivity index (χ3v) is 3.36. The van der Waals surface area contributed by atoms with E-state index in [-0.39, 0.29) is 0 Å². The van der Waals surface area contributed by atoms with Crippen molar-refractivity contribution in [2.45, 2.75) is 32.9 Å². The van der Waals surface area contributed by atoms with E-state index in [1.807, 2.05) is 0 Å². The summed E-state index contributed by atoms with van der Waals surface area (Å²) in [7, 11) is 1.76. The molecular weight excluding hydrogens is 206 g/mol. The Labute approximate surface area is 96.7 Å². The molecule has 0 aliphatic heterocycles. The number of methoxy groups -OCH3 is 1. The Hall–Kier alpha value is -0.380. The number of hydrogen-bond acceptors (Lipinski definition) is 3. The molecule has 1 N–H and O–H groups in total. The van der Waals surface area contributed by atoms with E-state index in [4.69, 9.17) is 4.74 Å². The maximum absolute atomic E-state index is 5.22. The van der Waals surface area contributed by atoms with E-state index in [1.165, 1.54) is 5.56 Å². The molecule has 0 amide bonds. The highest BCUT2D eigenvalue weighted by molar-refractivity contribution is 7.07. The van der Waals surface area contributed by atoms with Crippen molar-refractivity contribution < 1.29 is 4.74 Å². The molecule has 0 bridgehead atoms. The van der Waals surface area contributed by atoms with Crippen molar-refractivity contribution in [1.29, 1.82) is 0 Å². The van der Waals surface area contributed by atoms with Crippen LogP contribution in [0.3, 0.4) is 0 Å². The first-order chi connectivity index (χ1) is 7.15. The first kappa shape index (κ1) is 12.7. The van der Waals surface area contributed by atoms with E-state index < -0.39 is 0 Å². The van der Waals surface area contributed by atoms with E-state index in [0.717, 1.165) is 6.61 Å². The summed E-state index contributed by atoms with van der Waals surface area (Å²) in [6, 6.07) is 3.00. The van der Waals surface area contributed by atoms with Crippen LogP contribution in [0.25, 0.3) is 0 Å². The topological polar surface area (TPSA) is 21.3 Å². The van der Waals surface area contributed by atoms with Gasteiger partial charge in [0.25, 0.3) is 0 Å². The molecule has 2 nitrogen and oxygen atoms in total. The molecule has 0 spiro atoms. The second-order valence-corrected chi connectivity index (χ2v) is 5.03. The Kier molecular flexibility index (Phi) is 5.29. The Morgan fingerprint density at radius 3 is 2.60 bits per heavy atom. The fraction of sp³-hybridized carbons (Fsp3) is 0.667. The van der Waals surface area contributed by atoms with Gasteiger partial charge in [-0.25, -0.2) is 0 Å². The molecule has 2 atom stereocenters. The fourth-order valence-electron chi connectivity index (χ4n) is 1.55. The number of ether oxygens (including phenoxy) is 1. The van der Waals surface area contributed by atoms with Gasteiger partial charge in [0.2, 0.25) is 0 Å². The Morgan fingerprint density at radius 1 is 1.40 bits per heavy atom. The molecule has 0 aliphatic carbocycles. The number of thiophene rings is 1. The van der Waals surface area contributed by atoms with Crippen LogP contribution >= 0.6 is 11.3 Å². The average Bonchev–Trinajstić information content (AvgIpc) is 2.69. The zero-order valence-corrected chi connectivity index (χ0v) is 10.8. The third kappa shape index (κ3) is 3.93. The minimum atomic E-state index is 0.402. The summed E-state index contributed by atoms with van der Waals surface area (Å²) < 4.78 is 5.22. The lowest BCUT2D eigenvalue weighted by atomic mass is 10.0. The highest BCUT2D eigenvalue weighted by Gasteiger charge is 2.16. The number of rotatable bonds is 6. The predicted octanol–water partition coefficient (Wildman–Crippen LogP) is 3.07. The summed E-state index contributed by atoms with van der Waals surface area (Å²) in [5.41, 5.74) is 1.36. The van der Waals surface area contributed by atoms with Gasteiger partial charge in [-0.2, -0.15) is 11.3 Å². The molecule has 3 heteroatoms. The van der Waals surface area contributed by atoms with Gasteiger partial charge in [-0.15, -0.1) is 0 Å². The van der Waals surface area contributed by atoms with Gasteiger partial charge >= 0.3 is 0 Å². The largest absolute Gasteiger partial charge is 0.383 e. The maximum atomic E-state index is 5.22. The highest BCUT2D eigenvalue weighted by atomic mass is 32.1. The molecule has 0 aliphatic rings. The van der Waals surface area contributed by atoms with Crippen molar-refractivity contribution >= 4 is 11.3 Å².